The number of sulfonamides is 1. The first-order chi connectivity index (χ1) is 9.85. The number of anilines is 1. The van der Waals surface area contributed by atoms with Crippen molar-refractivity contribution in [3.63, 3.8) is 0 Å². The lowest BCUT2D eigenvalue weighted by Gasteiger charge is -2.10. The van der Waals surface area contributed by atoms with Crippen LogP contribution in [0.4, 0.5) is 5.69 Å². The molecule has 21 heavy (non-hydrogen) atoms. The summed E-state index contributed by atoms with van der Waals surface area (Å²) < 4.78 is 32.2. The highest BCUT2D eigenvalue weighted by Gasteiger charge is 2.27. The number of methoxy groups -OCH3 is 1. The van der Waals surface area contributed by atoms with Gasteiger partial charge in [0.05, 0.1) is 7.11 Å². The van der Waals surface area contributed by atoms with Gasteiger partial charge in [0.1, 0.15) is 9.77 Å². The van der Waals surface area contributed by atoms with E-state index < -0.39 is 16.0 Å². The van der Waals surface area contributed by atoms with Crippen molar-refractivity contribution in [2.24, 2.45) is 0 Å². The van der Waals surface area contributed by atoms with Crippen LogP contribution in [-0.4, -0.2) is 21.5 Å². The van der Waals surface area contributed by atoms with Crippen molar-refractivity contribution < 1.29 is 17.9 Å². The van der Waals surface area contributed by atoms with Gasteiger partial charge >= 0.3 is 5.97 Å². The molecule has 0 bridgehead atoms. The molecule has 0 spiro atoms. The van der Waals surface area contributed by atoms with Crippen LogP contribution < -0.4 is 4.72 Å². The zero-order chi connectivity index (χ0) is 15.6. The average molecular weight is 325 g/mol. The average Bonchev–Trinajstić information content (AvgIpc) is 2.80. The Morgan fingerprint density at radius 2 is 2.00 bits per heavy atom. The van der Waals surface area contributed by atoms with Crippen molar-refractivity contribution in [2.45, 2.75) is 18.7 Å². The molecule has 5 nitrogen and oxygen atoms in total. The van der Waals surface area contributed by atoms with Crippen LogP contribution in [0.3, 0.4) is 0 Å². The summed E-state index contributed by atoms with van der Waals surface area (Å²) in [6.07, 6.45) is 0. The molecule has 1 aromatic heterocycles. The Balaban J connectivity index is 2.45. The Labute approximate surface area is 127 Å². The Kier molecular flexibility index (Phi) is 4.34. The molecule has 0 aliphatic carbocycles. The first kappa shape index (κ1) is 15.5. The van der Waals surface area contributed by atoms with E-state index in [0.29, 0.717) is 11.3 Å². The zero-order valence-corrected chi connectivity index (χ0v) is 13.5. The number of benzene rings is 1. The zero-order valence-electron chi connectivity index (χ0n) is 11.8. The van der Waals surface area contributed by atoms with Crippen LogP contribution in [0.1, 0.15) is 20.8 Å². The minimum absolute atomic E-state index is 0.0270. The van der Waals surface area contributed by atoms with E-state index in [9.17, 15) is 13.2 Å². The van der Waals surface area contributed by atoms with Gasteiger partial charge in [0.2, 0.25) is 0 Å². The summed E-state index contributed by atoms with van der Waals surface area (Å²) in [7, 11) is -2.62. The van der Waals surface area contributed by atoms with Gasteiger partial charge in [0.25, 0.3) is 10.0 Å². The Morgan fingerprint density at radius 1 is 1.29 bits per heavy atom. The summed E-state index contributed by atoms with van der Waals surface area (Å²) in [6, 6.07) is 7.00. The number of nitrogens with one attached hydrogen (secondary N) is 1. The normalized spacial score (nSPS) is 11.2. The molecular weight excluding hydrogens is 310 g/mol. The highest BCUT2D eigenvalue weighted by atomic mass is 32.2. The first-order valence-corrected chi connectivity index (χ1v) is 8.47. The molecule has 0 unspecified atom stereocenters. The van der Waals surface area contributed by atoms with E-state index in [-0.39, 0.29) is 9.77 Å². The summed E-state index contributed by atoms with van der Waals surface area (Å²) in [4.78, 5) is 11.7. The number of carbonyl (C=O) groups is 1. The second kappa shape index (κ2) is 5.87. The molecule has 0 saturated heterocycles. The minimum atomic E-state index is -3.84. The van der Waals surface area contributed by atoms with E-state index in [4.69, 9.17) is 0 Å². The number of carbonyl (C=O) groups excluding carboxylic acids is 1. The third-order valence-corrected chi connectivity index (χ3v) is 5.60. The smallest absolute Gasteiger partial charge is 0.349 e. The van der Waals surface area contributed by atoms with Crippen molar-refractivity contribution in [1.29, 1.82) is 0 Å². The Bertz CT molecular complexity index is 778. The van der Waals surface area contributed by atoms with Crippen molar-refractivity contribution in [3.8, 4) is 0 Å². The molecular formula is C14H15NO4S2. The molecule has 1 N–H and O–H groups in total. The van der Waals surface area contributed by atoms with Crippen molar-refractivity contribution >= 4 is 33.0 Å². The van der Waals surface area contributed by atoms with Gasteiger partial charge in [-0.25, -0.2) is 13.2 Å². The molecule has 2 aromatic rings. The van der Waals surface area contributed by atoms with Crippen molar-refractivity contribution in [2.75, 3.05) is 11.8 Å². The van der Waals surface area contributed by atoms with Gasteiger partial charge in [-0.2, -0.15) is 0 Å². The number of aryl methyl sites for hydroxylation is 2. The van der Waals surface area contributed by atoms with Crippen LogP contribution in [-0.2, 0) is 14.8 Å². The van der Waals surface area contributed by atoms with E-state index >= 15 is 0 Å². The molecule has 0 fully saturated rings. The first-order valence-electron chi connectivity index (χ1n) is 6.11. The standard InChI is InChI=1S/C14H15NO4S2/c1-9-5-4-6-11(7-9)15-21(17,18)13-10(2)8-20-12(13)14(16)19-3/h4-8,15H,1-3H3. The van der Waals surface area contributed by atoms with E-state index in [1.165, 1.54) is 7.11 Å². The van der Waals surface area contributed by atoms with Crippen molar-refractivity contribution in [3.05, 3.63) is 45.6 Å². The van der Waals surface area contributed by atoms with E-state index in [0.717, 1.165) is 16.9 Å². The van der Waals surface area contributed by atoms with Crippen LogP contribution in [0, 0.1) is 13.8 Å². The molecule has 0 aliphatic heterocycles. The lowest BCUT2D eigenvalue weighted by atomic mass is 10.2. The second-order valence-electron chi connectivity index (χ2n) is 4.54. The highest BCUT2D eigenvalue weighted by molar-refractivity contribution is 7.93. The SMILES string of the molecule is COC(=O)c1scc(C)c1S(=O)(=O)Nc1cccc(C)c1. The van der Waals surface area contributed by atoms with E-state index in [1.807, 2.05) is 13.0 Å². The third kappa shape index (κ3) is 3.25. The second-order valence-corrected chi connectivity index (χ2v) is 7.04. The van der Waals surface area contributed by atoms with Crippen LogP contribution in [0.15, 0.2) is 34.5 Å². The number of hydrogen-bond acceptors (Lipinski definition) is 5. The molecule has 1 aromatic carbocycles. The highest BCUT2D eigenvalue weighted by Crippen LogP contribution is 2.29. The van der Waals surface area contributed by atoms with Gasteiger partial charge in [-0.3, -0.25) is 4.72 Å². The number of esters is 1. The van der Waals surface area contributed by atoms with Crippen LogP contribution in [0.2, 0.25) is 0 Å². The maximum atomic E-state index is 12.5. The van der Waals surface area contributed by atoms with E-state index in [2.05, 4.69) is 9.46 Å². The maximum absolute atomic E-state index is 12.5. The fraction of sp³-hybridized carbons (Fsp3) is 0.214. The summed E-state index contributed by atoms with van der Waals surface area (Å²) in [5, 5.41) is 1.62. The predicted octanol–water partition coefficient (Wildman–Crippen LogP) is 2.95. The maximum Gasteiger partial charge on any atom is 0.349 e. The largest absolute Gasteiger partial charge is 0.465 e. The van der Waals surface area contributed by atoms with Crippen molar-refractivity contribution in [1.82, 2.24) is 0 Å². The predicted molar refractivity (Wildman–Crippen MR) is 82.4 cm³/mol. The third-order valence-electron chi connectivity index (χ3n) is 2.83. The number of hydrogen-bond donors (Lipinski definition) is 1. The lowest BCUT2D eigenvalue weighted by molar-refractivity contribution is 0.0602. The van der Waals surface area contributed by atoms with E-state index in [1.54, 1.807) is 30.5 Å². The molecule has 0 radical (unpaired) electrons. The summed E-state index contributed by atoms with van der Waals surface area (Å²) in [5.74, 6) is -0.655. The van der Waals surface area contributed by atoms with Crippen LogP contribution >= 0.6 is 11.3 Å². The molecule has 7 heteroatoms. The molecule has 2 rings (SSSR count). The Morgan fingerprint density at radius 3 is 2.62 bits per heavy atom. The minimum Gasteiger partial charge on any atom is -0.465 e. The summed E-state index contributed by atoms with van der Waals surface area (Å²) >= 11 is 1.06. The summed E-state index contributed by atoms with van der Waals surface area (Å²) in [6.45, 7) is 3.52. The van der Waals surface area contributed by atoms with Gasteiger partial charge in [0.15, 0.2) is 0 Å². The van der Waals surface area contributed by atoms with Gasteiger partial charge < -0.3 is 4.74 Å². The monoisotopic (exact) mass is 325 g/mol. The van der Waals surface area contributed by atoms with Crippen LogP contribution in [0.25, 0.3) is 0 Å². The molecule has 0 aliphatic rings. The molecule has 1 heterocycles. The number of rotatable bonds is 4. The summed E-state index contributed by atoms with van der Waals surface area (Å²) in [5.41, 5.74) is 1.91. The lowest BCUT2D eigenvalue weighted by Crippen LogP contribution is -2.16. The fourth-order valence-electron chi connectivity index (χ4n) is 1.92. The van der Waals surface area contributed by atoms with Gasteiger partial charge in [0, 0.05) is 5.69 Å². The molecule has 0 saturated carbocycles. The number of ether oxygens (including phenoxy) is 1. The number of thiophene rings is 1. The van der Waals surface area contributed by atoms with Gasteiger partial charge in [-0.1, -0.05) is 12.1 Å². The van der Waals surface area contributed by atoms with Gasteiger partial charge in [-0.05, 0) is 42.5 Å². The topological polar surface area (TPSA) is 72.5 Å². The molecule has 0 amide bonds. The molecule has 0 atom stereocenters. The molecule has 112 valence electrons. The fourth-order valence-corrected chi connectivity index (χ4v) is 4.67. The quantitative estimate of drug-likeness (QED) is 0.877. The Hall–Kier alpha value is -1.86. The van der Waals surface area contributed by atoms with Crippen LogP contribution in [0.5, 0.6) is 0 Å². The van der Waals surface area contributed by atoms with Gasteiger partial charge in [-0.15, -0.1) is 11.3 Å².